The fourth-order valence-corrected chi connectivity index (χ4v) is 7.32. The molecule has 3 aliphatic carbocycles. The third kappa shape index (κ3) is 1.79. The Labute approximate surface area is 118 Å². The van der Waals surface area contributed by atoms with Crippen LogP contribution in [-0.4, -0.2) is 22.5 Å². The van der Waals surface area contributed by atoms with Gasteiger partial charge >= 0.3 is 0 Å². The summed E-state index contributed by atoms with van der Waals surface area (Å²) < 4.78 is 0. The number of Topliss-reactive ketones (excluding diaryl/α,β-unsaturated/α-hetero) is 1. The third-order valence-electron chi connectivity index (χ3n) is 5.58. The van der Waals surface area contributed by atoms with Gasteiger partial charge in [0.15, 0.2) is 5.25 Å². The Morgan fingerprint density at radius 3 is 2.68 bits per heavy atom. The third-order valence-corrected chi connectivity index (χ3v) is 8.39. The molecule has 100 valence electrons. The van der Waals surface area contributed by atoms with Crippen LogP contribution in [0.4, 0.5) is 0 Å². The van der Waals surface area contributed by atoms with Gasteiger partial charge in [-0.3, -0.25) is 4.79 Å². The van der Waals surface area contributed by atoms with Crippen LogP contribution in [-0.2, 0) is 17.3 Å². The van der Waals surface area contributed by atoms with Crippen molar-refractivity contribution >= 4 is 16.7 Å². The Morgan fingerprint density at radius 2 is 2.00 bits per heavy atom. The molecule has 1 nitrogen and oxygen atoms in total. The van der Waals surface area contributed by atoms with Gasteiger partial charge in [-0.05, 0) is 48.1 Å². The molecule has 19 heavy (non-hydrogen) atoms. The van der Waals surface area contributed by atoms with Gasteiger partial charge in [0.2, 0.25) is 5.78 Å². The molecular formula is C17H21OS+. The van der Waals surface area contributed by atoms with Crippen LogP contribution in [0.1, 0.15) is 41.6 Å². The van der Waals surface area contributed by atoms with Crippen molar-refractivity contribution in [3.05, 3.63) is 35.4 Å². The second-order valence-electron chi connectivity index (χ2n) is 6.53. The van der Waals surface area contributed by atoms with Gasteiger partial charge in [-0.2, -0.15) is 0 Å². The minimum atomic E-state index is 0.274. The Balaban J connectivity index is 1.57. The molecule has 0 heterocycles. The summed E-state index contributed by atoms with van der Waals surface area (Å²) in [5, 5.41) is 1.14. The van der Waals surface area contributed by atoms with Crippen LogP contribution in [0.3, 0.4) is 0 Å². The van der Waals surface area contributed by atoms with E-state index in [2.05, 4.69) is 18.4 Å². The van der Waals surface area contributed by atoms with Crippen LogP contribution in [0.2, 0.25) is 0 Å². The van der Waals surface area contributed by atoms with E-state index in [9.17, 15) is 4.79 Å². The largest absolute Gasteiger partial charge is 0.288 e. The lowest BCUT2D eigenvalue weighted by Gasteiger charge is -2.23. The molecule has 2 bridgehead atoms. The van der Waals surface area contributed by atoms with E-state index in [1.165, 1.54) is 31.2 Å². The highest BCUT2D eigenvalue weighted by atomic mass is 32.2. The molecule has 0 N–H and O–H groups in total. The molecule has 1 aromatic carbocycles. The van der Waals surface area contributed by atoms with Gasteiger partial charge in [0.05, 0.1) is 6.26 Å². The van der Waals surface area contributed by atoms with Crippen molar-refractivity contribution in [1.82, 2.24) is 0 Å². The van der Waals surface area contributed by atoms with Gasteiger partial charge in [-0.1, -0.05) is 24.3 Å². The molecule has 2 fully saturated rings. The monoisotopic (exact) mass is 273 g/mol. The highest BCUT2D eigenvalue weighted by Crippen LogP contribution is 2.49. The quantitative estimate of drug-likeness (QED) is 0.756. The van der Waals surface area contributed by atoms with Gasteiger partial charge in [-0.25, -0.2) is 0 Å². The lowest BCUT2D eigenvalue weighted by Crippen LogP contribution is -2.38. The first-order valence-electron chi connectivity index (χ1n) is 7.49. The molecule has 1 aromatic rings. The molecule has 0 aliphatic heterocycles. The van der Waals surface area contributed by atoms with Crippen LogP contribution in [0, 0.1) is 11.8 Å². The molecule has 4 rings (SSSR count). The summed E-state index contributed by atoms with van der Waals surface area (Å²) in [6, 6.07) is 8.24. The smallest absolute Gasteiger partial charge is 0.215 e. The molecular weight excluding hydrogens is 252 g/mol. The number of benzene rings is 1. The van der Waals surface area contributed by atoms with E-state index in [1.807, 2.05) is 12.1 Å². The van der Waals surface area contributed by atoms with Crippen molar-refractivity contribution in [2.75, 3.05) is 6.26 Å². The number of rotatable bonds is 2. The predicted octanol–water partition coefficient (Wildman–Crippen LogP) is 3.23. The molecule has 2 saturated carbocycles. The average molecular weight is 273 g/mol. The lowest BCUT2D eigenvalue weighted by atomic mass is 10.0. The Bertz CT molecular complexity index is 524. The minimum absolute atomic E-state index is 0.274. The van der Waals surface area contributed by atoms with E-state index < -0.39 is 0 Å². The molecule has 0 amide bonds. The summed E-state index contributed by atoms with van der Waals surface area (Å²) in [6.45, 7) is 0. The van der Waals surface area contributed by atoms with E-state index in [4.69, 9.17) is 0 Å². The maximum absolute atomic E-state index is 12.6. The summed E-state index contributed by atoms with van der Waals surface area (Å²) in [5.74, 6) is 2.36. The normalized spacial score (nSPS) is 37.6. The van der Waals surface area contributed by atoms with E-state index >= 15 is 0 Å². The van der Waals surface area contributed by atoms with Gasteiger partial charge < -0.3 is 0 Å². The second kappa shape index (κ2) is 4.37. The molecule has 2 heteroatoms. The predicted molar refractivity (Wildman–Crippen MR) is 80.8 cm³/mol. The molecule has 0 aromatic heterocycles. The molecule has 3 aliphatic rings. The van der Waals surface area contributed by atoms with Crippen molar-refractivity contribution in [3.8, 4) is 0 Å². The molecule has 0 spiro atoms. The number of fused-ring (bicyclic) bond motifs is 3. The van der Waals surface area contributed by atoms with Crippen molar-refractivity contribution in [2.45, 2.75) is 42.6 Å². The van der Waals surface area contributed by atoms with E-state index in [0.717, 1.165) is 29.1 Å². The van der Waals surface area contributed by atoms with E-state index in [1.54, 1.807) is 0 Å². The first-order valence-corrected chi connectivity index (χ1v) is 9.25. The molecule has 5 unspecified atom stereocenters. The van der Waals surface area contributed by atoms with Crippen molar-refractivity contribution < 1.29 is 4.79 Å². The Morgan fingerprint density at radius 1 is 1.16 bits per heavy atom. The van der Waals surface area contributed by atoms with Crippen LogP contribution in [0.15, 0.2) is 24.3 Å². The van der Waals surface area contributed by atoms with Crippen molar-refractivity contribution in [1.29, 1.82) is 0 Å². The Hall–Kier alpha value is -0.760. The van der Waals surface area contributed by atoms with Gasteiger partial charge in [0.1, 0.15) is 5.25 Å². The van der Waals surface area contributed by atoms with Gasteiger partial charge in [0, 0.05) is 17.9 Å². The summed E-state index contributed by atoms with van der Waals surface area (Å²) in [5.41, 5.74) is 2.30. The number of ketones is 1. The minimum Gasteiger partial charge on any atom is -0.288 e. The Kier molecular flexibility index (Phi) is 2.77. The summed E-state index contributed by atoms with van der Waals surface area (Å²) in [4.78, 5) is 12.6. The van der Waals surface area contributed by atoms with Crippen LogP contribution >= 0.6 is 0 Å². The zero-order chi connectivity index (χ0) is 13.0. The van der Waals surface area contributed by atoms with E-state index in [-0.39, 0.29) is 10.9 Å². The number of hydrogen-bond acceptors (Lipinski definition) is 1. The van der Waals surface area contributed by atoms with Crippen LogP contribution in [0.5, 0.6) is 0 Å². The van der Waals surface area contributed by atoms with Crippen molar-refractivity contribution in [3.63, 3.8) is 0 Å². The maximum Gasteiger partial charge on any atom is 0.215 e. The van der Waals surface area contributed by atoms with Gasteiger partial charge in [-0.15, -0.1) is 0 Å². The second-order valence-corrected chi connectivity index (χ2v) is 8.92. The highest BCUT2D eigenvalue weighted by Gasteiger charge is 2.52. The lowest BCUT2D eigenvalue weighted by molar-refractivity contribution is 0.0999. The first kappa shape index (κ1) is 12.0. The first-order chi connectivity index (χ1) is 9.24. The fourth-order valence-electron chi connectivity index (χ4n) is 4.56. The van der Waals surface area contributed by atoms with Crippen LogP contribution in [0.25, 0.3) is 0 Å². The molecule has 0 radical (unpaired) electrons. The summed E-state index contributed by atoms with van der Waals surface area (Å²) >= 11 is 0. The van der Waals surface area contributed by atoms with E-state index in [0.29, 0.717) is 11.0 Å². The SMILES string of the molecule is C[S+](C1Cc2ccccc2C1=O)C1CC2CCC1C2. The zero-order valence-corrected chi connectivity index (χ0v) is 12.3. The summed E-state index contributed by atoms with van der Waals surface area (Å²) in [7, 11) is 0.274. The molecule has 5 atom stereocenters. The van der Waals surface area contributed by atoms with Crippen LogP contribution < -0.4 is 0 Å². The maximum atomic E-state index is 12.6. The average Bonchev–Trinajstić information content (AvgIpc) is 3.13. The number of carbonyl (C=O) groups excluding carboxylic acids is 1. The topological polar surface area (TPSA) is 17.1 Å². The fraction of sp³-hybridized carbons (Fsp3) is 0.588. The standard InChI is InChI=1S/C17H21OS/c1-19(15-9-11-6-7-13(15)8-11)16-10-12-4-2-3-5-14(12)17(16)18/h2-5,11,13,15-16H,6-10H2,1H3/q+1. The highest BCUT2D eigenvalue weighted by molar-refractivity contribution is 7.98. The number of carbonyl (C=O) groups is 1. The summed E-state index contributed by atoms with van der Waals surface area (Å²) in [6.07, 6.45) is 9.13. The zero-order valence-electron chi connectivity index (χ0n) is 11.5. The van der Waals surface area contributed by atoms with Crippen molar-refractivity contribution in [2.24, 2.45) is 11.8 Å². The number of hydrogen-bond donors (Lipinski definition) is 0. The molecule has 0 saturated heterocycles. The van der Waals surface area contributed by atoms with Gasteiger partial charge in [0.25, 0.3) is 0 Å².